The van der Waals surface area contributed by atoms with Crippen LogP contribution in [0.1, 0.15) is 37.4 Å². The van der Waals surface area contributed by atoms with Gasteiger partial charge in [0.05, 0.1) is 33.0 Å². The molecule has 38 heavy (non-hydrogen) atoms. The van der Waals surface area contributed by atoms with Gasteiger partial charge < -0.3 is 10.6 Å². The molecule has 0 aliphatic carbocycles. The number of nitriles is 1. The molecule has 0 aliphatic heterocycles. The number of benzene rings is 4. The number of carbonyl (C=O) groups is 2. The summed E-state index contributed by atoms with van der Waals surface area (Å²) in [4.78, 5) is 30.7. The fourth-order valence-corrected chi connectivity index (χ4v) is 6.00. The van der Waals surface area contributed by atoms with Gasteiger partial charge in [-0.3, -0.25) is 9.59 Å². The van der Waals surface area contributed by atoms with Gasteiger partial charge in [0.2, 0.25) is 0 Å². The van der Waals surface area contributed by atoms with E-state index in [1.165, 1.54) is 11.3 Å². The van der Waals surface area contributed by atoms with Gasteiger partial charge >= 0.3 is 0 Å². The Bertz CT molecular complexity index is 1660. The summed E-state index contributed by atoms with van der Waals surface area (Å²) in [6.45, 7) is 0.375. The summed E-state index contributed by atoms with van der Waals surface area (Å²) < 4.78 is 1.82. The third kappa shape index (κ3) is 5.92. The topological polar surface area (TPSA) is 94.9 Å². The molecule has 5 rings (SSSR count). The Morgan fingerprint density at radius 3 is 2.37 bits per heavy atom. The van der Waals surface area contributed by atoms with E-state index in [-0.39, 0.29) is 11.8 Å². The van der Waals surface area contributed by atoms with Gasteiger partial charge in [0.1, 0.15) is 0 Å². The normalized spacial score (nSPS) is 10.6. The van der Waals surface area contributed by atoms with Crippen LogP contribution >= 0.6 is 23.1 Å². The van der Waals surface area contributed by atoms with Crippen molar-refractivity contribution in [1.82, 2.24) is 10.3 Å². The average molecular weight is 535 g/mol. The lowest BCUT2D eigenvalue weighted by Crippen LogP contribution is -2.26. The van der Waals surface area contributed by atoms with Crippen LogP contribution in [0.15, 0.2) is 101 Å². The van der Waals surface area contributed by atoms with Crippen LogP contribution in [0, 0.1) is 11.3 Å². The smallest absolute Gasteiger partial charge is 0.256 e. The summed E-state index contributed by atoms with van der Waals surface area (Å²) in [5.41, 5.74) is 4.69. The maximum absolute atomic E-state index is 13.1. The van der Waals surface area contributed by atoms with Gasteiger partial charge in [0.15, 0.2) is 4.34 Å². The lowest BCUT2D eigenvalue weighted by atomic mass is 10.1. The highest BCUT2D eigenvalue weighted by molar-refractivity contribution is 8.00. The average Bonchev–Trinajstić information content (AvgIpc) is 3.37. The number of rotatable bonds is 8. The summed E-state index contributed by atoms with van der Waals surface area (Å²) >= 11 is 3.11. The minimum atomic E-state index is -0.359. The molecule has 0 fully saturated rings. The van der Waals surface area contributed by atoms with Crippen molar-refractivity contribution >= 4 is 50.8 Å². The predicted octanol–water partition coefficient (Wildman–Crippen LogP) is 6.64. The zero-order valence-corrected chi connectivity index (χ0v) is 21.8. The molecule has 4 aromatic carbocycles. The number of thiazole rings is 1. The number of nitrogens with one attached hydrogen (secondary N) is 2. The fourth-order valence-electron chi connectivity index (χ4n) is 3.89. The van der Waals surface area contributed by atoms with Crippen LogP contribution in [0.2, 0.25) is 0 Å². The molecular formula is C30H22N4O2S2. The van der Waals surface area contributed by atoms with Crippen LogP contribution in [-0.2, 0) is 12.3 Å². The molecule has 186 valence electrons. The van der Waals surface area contributed by atoms with E-state index in [4.69, 9.17) is 0 Å². The highest BCUT2D eigenvalue weighted by atomic mass is 32.2. The van der Waals surface area contributed by atoms with E-state index in [0.717, 1.165) is 25.7 Å². The molecule has 2 N–H and O–H groups in total. The highest BCUT2D eigenvalue weighted by Crippen LogP contribution is 2.33. The van der Waals surface area contributed by atoms with Gasteiger partial charge in [0, 0.05) is 18.0 Å². The highest BCUT2D eigenvalue weighted by Gasteiger charge is 2.17. The number of aromatic nitrogens is 1. The first-order chi connectivity index (χ1) is 18.6. The molecule has 2 amide bonds. The van der Waals surface area contributed by atoms with E-state index in [9.17, 15) is 14.9 Å². The second-order valence-corrected chi connectivity index (χ2v) is 10.6. The number of nitrogens with zero attached hydrogens (tertiary/aromatic N) is 2. The Kier molecular flexibility index (Phi) is 7.78. The van der Waals surface area contributed by atoms with Gasteiger partial charge in [-0.05, 0) is 47.5 Å². The first-order valence-electron chi connectivity index (χ1n) is 11.8. The van der Waals surface area contributed by atoms with Gasteiger partial charge in [-0.25, -0.2) is 4.98 Å². The lowest BCUT2D eigenvalue weighted by molar-refractivity contribution is 0.0938. The minimum absolute atomic E-state index is 0.301. The second-order valence-electron chi connectivity index (χ2n) is 8.39. The number of fused-ring (bicyclic) bond motifs is 1. The predicted molar refractivity (Wildman–Crippen MR) is 152 cm³/mol. The van der Waals surface area contributed by atoms with E-state index in [1.807, 2.05) is 66.7 Å². The van der Waals surface area contributed by atoms with E-state index in [2.05, 4.69) is 21.7 Å². The lowest BCUT2D eigenvalue weighted by Gasteiger charge is -2.11. The summed E-state index contributed by atoms with van der Waals surface area (Å²) in [6.07, 6.45) is 0. The van der Waals surface area contributed by atoms with Crippen molar-refractivity contribution in [2.75, 3.05) is 5.32 Å². The van der Waals surface area contributed by atoms with Crippen molar-refractivity contribution in [2.45, 2.75) is 16.6 Å². The minimum Gasteiger partial charge on any atom is -0.348 e. The fraction of sp³-hybridized carbons (Fsp3) is 0.0667. The molecule has 1 aromatic heterocycles. The third-order valence-electron chi connectivity index (χ3n) is 5.83. The molecule has 0 radical (unpaired) electrons. The molecule has 0 saturated carbocycles. The number of thioether (sulfide) groups is 1. The van der Waals surface area contributed by atoms with Crippen LogP contribution in [-0.4, -0.2) is 16.8 Å². The maximum Gasteiger partial charge on any atom is 0.256 e. The van der Waals surface area contributed by atoms with Gasteiger partial charge in [0.25, 0.3) is 11.8 Å². The Labute approximate surface area is 228 Å². The van der Waals surface area contributed by atoms with Crippen molar-refractivity contribution in [2.24, 2.45) is 0 Å². The summed E-state index contributed by atoms with van der Waals surface area (Å²) in [5, 5.41) is 15.1. The molecular weight excluding hydrogens is 512 g/mol. The Hall–Kier alpha value is -4.45. The molecule has 0 saturated heterocycles. The standard InChI is InChI=1S/C30H22N4O2S2/c31-17-21-10-4-5-11-22(21)19-37-30-34-26-15-14-23(16-27(26)38-30)33-29(36)25-13-7-6-12-24(25)28(35)32-18-20-8-2-1-3-9-20/h1-16H,18-19H2,(H,32,35)(H,33,36). The number of carbonyl (C=O) groups excluding carboxylic acids is 2. The summed E-state index contributed by atoms with van der Waals surface area (Å²) in [7, 11) is 0. The molecule has 1 heterocycles. The molecule has 5 aromatic rings. The second kappa shape index (κ2) is 11.7. The Balaban J connectivity index is 1.27. The molecule has 0 aliphatic rings. The third-order valence-corrected chi connectivity index (χ3v) is 8.04. The van der Waals surface area contributed by atoms with Gasteiger partial charge in [-0.1, -0.05) is 72.4 Å². The first-order valence-corrected chi connectivity index (χ1v) is 13.6. The van der Waals surface area contributed by atoms with Gasteiger partial charge in [-0.2, -0.15) is 5.26 Å². The quantitative estimate of drug-likeness (QED) is 0.218. The SMILES string of the molecule is N#Cc1ccccc1CSc1nc2ccc(NC(=O)c3ccccc3C(=O)NCc3ccccc3)cc2s1. The molecule has 6 nitrogen and oxygen atoms in total. The van der Waals surface area contributed by atoms with E-state index >= 15 is 0 Å². The molecule has 0 atom stereocenters. The zero-order chi connectivity index (χ0) is 26.3. The molecule has 8 heteroatoms. The van der Waals surface area contributed by atoms with Crippen LogP contribution in [0.3, 0.4) is 0 Å². The van der Waals surface area contributed by atoms with E-state index in [0.29, 0.717) is 34.7 Å². The molecule has 0 bridgehead atoms. The number of hydrogen-bond acceptors (Lipinski definition) is 6. The van der Waals surface area contributed by atoms with Crippen molar-refractivity contribution in [1.29, 1.82) is 5.26 Å². The molecule has 0 spiro atoms. The van der Waals surface area contributed by atoms with Crippen molar-refractivity contribution in [3.05, 3.63) is 125 Å². The Morgan fingerprint density at radius 2 is 1.58 bits per heavy atom. The first kappa shape index (κ1) is 25.2. The Morgan fingerprint density at radius 1 is 0.868 bits per heavy atom. The largest absolute Gasteiger partial charge is 0.348 e. The summed E-state index contributed by atoms with van der Waals surface area (Å²) in [6, 6.07) is 31.7. The van der Waals surface area contributed by atoms with Crippen LogP contribution in [0.4, 0.5) is 5.69 Å². The summed E-state index contributed by atoms with van der Waals surface area (Å²) in [5.74, 6) is -0.0183. The zero-order valence-electron chi connectivity index (χ0n) is 20.2. The van der Waals surface area contributed by atoms with Crippen LogP contribution in [0.25, 0.3) is 10.2 Å². The number of anilines is 1. The molecule has 0 unspecified atom stereocenters. The van der Waals surface area contributed by atoms with Crippen molar-refractivity contribution in [3.8, 4) is 6.07 Å². The van der Waals surface area contributed by atoms with Crippen molar-refractivity contribution < 1.29 is 9.59 Å². The van der Waals surface area contributed by atoms with Gasteiger partial charge in [-0.15, -0.1) is 11.3 Å². The monoisotopic (exact) mass is 534 g/mol. The van der Waals surface area contributed by atoms with Crippen LogP contribution < -0.4 is 10.6 Å². The van der Waals surface area contributed by atoms with E-state index < -0.39 is 0 Å². The van der Waals surface area contributed by atoms with Crippen molar-refractivity contribution in [3.63, 3.8) is 0 Å². The van der Waals surface area contributed by atoms with Crippen LogP contribution in [0.5, 0.6) is 0 Å². The number of hydrogen-bond donors (Lipinski definition) is 2. The number of amides is 2. The maximum atomic E-state index is 13.1. The van der Waals surface area contributed by atoms with E-state index in [1.54, 1.807) is 42.1 Å².